The molecule has 0 aliphatic carbocycles. The molecule has 2 fully saturated rings. The quantitative estimate of drug-likeness (QED) is 0.339. The number of alkyl halides is 3. The molecule has 0 bridgehead atoms. The van der Waals surface area contributed by atoms with E-state index in [0.717, 1.165) is 5.56 Å². The van der Waals surface area contributed by atoms with Crippen LogP contribution in [0.1, 0.15) is 32.8 Å². The average Bonchev–Trinajstić information content (AvgIpc) is 3.32. The summed E-state index contributed by atoms with van der Waals surface area (Å²) < 4.78 is 36.8. The Bertz CT molecular complexity index is 1080. The molecular formula is C25H33F3N4O7. The van der Waals surface area contributed by atoms with E-state index in [1.807, 2.05) is 44.2 Å². The number of nitrogens with one attached hydrogen (secondary N) is 2. The fourth-order valence-corrected chi connectivity index (χ4v) is 4.84. The number of nitrogens with zero attached hydrogens (tertiary/aromatic N) is 2. The van der Waals surface area contributed by atoms with Crippen molar-refractivity contribution in [3.05, 3.63) is 35.9 Å². The zero-order chi connectivity index (χ0) is 29.7. The number of urea groups is 1. The lowest BCUT2D eigenvalue weighted by Crippen LogP contribution is -2.58. The first-order chi connectivity index (χ1) is 18.1. The summed E-state index contributed by atoms with van der Waals surface area (Å²) in [7, 11) is 2.90. The predicted octanol–water partition coefficient (Wildman–Crippen LogP) is 1.76. The molecule has 2 saturated heterocycles. The normalized spacial score (nSPS) is 24.1. The van der Waals surface area contributed by atoms with Gasteiger partial charge in [-0.1, -0.05) is 37.3 Å². The number of rotatable bonds is 7. The Morgan fingerprint density at radius 1 is 1.18 bits per heavy atom. The van der Waals surface area contributed by atoms with Crippen LogP contribution in [0.4, 0.5) is 18.0 Å². The van der Waals surface area contributed by atoms with Crippen molar-refractivity contribution in [2.24, 2.45) is 11.8 Å². The maximum Gasteiger partial charge on any atom is 0.490 e. The molecule has 2 aliphatic heterocycles. The second-order valence-electron chi connectivity index (χ2n) is 9.61. The van der Waals surface area contributed by atoms with E-state index in [0.29, 0.717) is 0 Å². The number of hydrogen-bond donors (Lipinski definition) is 3. The SMILES string of the molecule is CC[C@@]1(C(=O)OC)N[C@H](CN(C)C(=O)NC(C)C)[C@@H]2C(=O)N(Cc3ccccc3)C(=O)[C@@H]21.O=C(O)C(F)(F)F. The molecule has 0 aromatic heterocycles. The number of imide groups is 1. The summed E-state index contributed by atoms with van der Waals surface area (Å²) in [6, 6.07) is 8.35. The topological polar surface area (TPSA) is 145 Å². The number of methoxy groups -OCH3 is 1. The van der Waals surface area contributed by atoms with Gasteiger partial charge in [0.1, 0.15) is 5.54 Å². The van der Waals surface area contributed by atoms with Gasteiger partial charge < -0.3 is 20.1 Å². The molecule has 0 radical (unpaired) electrons. The van der Waals surface area contributed by atoms with Gasteiger partial charge in [0.25, 0.3) is 0 Å². The molecule has 3 rings (SSSR count). The first kappa shape index (κ1) is 31.5. The summed E-state index contributed by atoms with van der Waals surface area (Å²) in [4.78, 5) is 63.8. The van der Waals surface area contributed by atoms with Crippen LogP contribution in [0, 0.1) is 11.8 Å². The lowest BCUT2D eigenvalue weighted by atomic mass is 9.78. The van der Waals surface area contributed by atoms with Crippen molar-refractivity contribution in [1.29, 1.82) is 0 Å². The molecular weight excluding hydrogens is 525 g/mol. The number of halogens is 3. The van der Waals surface area contributed by atoms with Crippen LogP contribution in [0.5, 0.6) is 0 Å². The molecule has 1 aromatic rings. The van der Waals surface area contributed by atoms with Crippen LogP contribution in [0.25, 0.3) is 0 Å². The number of likely N-dealkylation sites (tertiary alicyclic amines) is 1. The van der Waals surface area contributed by atoms with Crippen molar-refractivity contribution < 1.29 is 47.0 Å². The first-order valence-corrected chi connectivity index (χ1v) is 12.2. The molecule has 1 aromatic carbocycles. The van der Waals surface area contributed by atoms with Crippen LogP contribution in [-0.2, 0) is 30.5 Å². The van der Waals surface area contributed by atoms with Crippen LogP contribution in [0.3, 0.4) is 0 Å². The van der Waals surface area contributed by atoms with Crippen LogP contribution < -0.4 is 10.6 Å². The maximum atomic E-state index is 13.5. The van der Waals surface area contributed by atoms with Crippen LogP contribution >= 0.6 is 0 Å². The fraction of sp³-hybridized carbons (Fsp3) is 0.560. The Hall–Kier alpha value is -3.68. The van der Waals surface area contributed by atoms with E-state index in [4.69, 9.17) is 14.6 Å². The lowest BCUT2D eigenvalue weighted by Gasteiger charge is -2.32. The second-order valence-corrected chi connectivity index (χ2v) is 9.61. The smallest absolute Gasteiger partial charge is 0.475 e. The molecule has 216 valence electrons. The monoisotopic (exact) mass is 558 g/mol. The van der Waals surface area contributed by atoms with E-state index in [1.54, 1.807) is 14.0 Å². The highest BCUT2D eigenvalue weighted by molar-refractivity contribution is 6.09. The minimum absolute atomic E-state index is 0.0462. The average molecular weight is 559 g/mol. The van der Waals surface area contributed by atoms with Crippen molar-refractivity contribution in [3.63, 3.8) is 0 Å². The molecule has 4 atom stereocenters. The number of likely N-dealkylation sites (N-methyl/N-ethyl adjacent to an activating group) is 1. The van der Waals surface area contributed by atoms with E-state index in [9.17, 15) is 32.3 Å². The van der Waals surface area contributed by atoms with Gasteiger partial charge in [0.15, 0.2) is 0 Å². The number of benzene rings is 1. The van der Waals surface area contributed by atoms with Crippen molar-refractivity contribution in [2.75, 3.05) is 20.7 Å². The van der Waals surface area contributed by atoms with Crippen LogP contribution in [0.15, 0.2) is 30.3 Å². The standard InChI is InChI=1S/C23H32N4O5.C2HF3O2/c1-6-23(21(30)32-5)18-17(16(25-23)13-26(4)22(31)24-14(2)3)19(28)27(20(18)29)12-15-10-8-7-9-11-15;3-2(4,5)1(6)7/h7-11,14,16-18,25H,6,12-13H2,1-5H3,(H,24,31);(H,6,7)/t16-,17+,18-,23-;/m1./s1. The van der Waals surface area contributed by atoms with E-state index in [1.165, 1.54) is 16.9 Å². The van der Waals surface area contributed by atoms with Crippen LogP contribution in [-0.4, -0.2) is 89.2 Å². The number of ether oxygens (including phenoxy) is 1. The third kappa shape index (κ3) is 6.85. The highest BCUT2D eigenvalue weighted by Gasteiger charge is 2.67. The molecule has 39 heavy (non-hydrogen) atoms. The largest absolute Gasteiger partial charge is 0.490 e. The minimum atomic E-state index is -5.08. The summed E-state index contributed by atoms with van der Waals surface area (Å²) in [5.74, 6) is -5.71. The van der Waals surface area contributed by atoms with Crippen molar-refractivity contribution in [1.82, 2.24) is 20.4 Å². The van der Waals surface area contributed by atoms with Gasteiger partial charge in [-0.3, -0.25) is 24.6 Å². The number of carbonyl (C=O) groups is 5. The molecule has 14 heteroatoms. The Labute approximate surface area is 223 Å². The molecule has 0 unspecified atom stereocenters. The molecule has 0 spiro atoms. The van der Waals surface area contributed by atoms with E-state index in [2.05, 4.69) is 10.6 Å². The van der Waals surface area contributed by atoms with Gasteiger partial charge in [-0.15, -0.1) is 0 Å². The third-order valence-corrected chi connectivity index (χ3v) is 6.61. The third-order valence-electron chi connectivity index (χ3n) is 6.61. The minimum Gasteiger partial charge on any atom is -0.475 e. The van der Waals surface area contributed by atoms with Gasteiger partial charge in [-0.2, -0.15) is 13.2 Å². The Morgan fingerprint density at radius 2 is 1.74 bits per heavy atom. The Morgan fingerprint density at radius 3 is 2.21 bits per heavy atom. The van der Waals surface area contributed by atoms with Gasteiger partial charge in [0.05, 0.1) is 25.5 Å². The van der Waals surface area contributed by atoms with Gasteiger partial charge >= 0.3 is 24.1 Å². The Balaban J connectivity index is 0.000000673. The van der Waals surface area contributed by atoms with Gasteiger partial charge in [-0.05, 0) is 25.8 Å². The summed E-state index contributed by atoms with van der Waals surface area (Å²) >= 11 is 0. The maximum absolute atomic E-state index is 13.5. The zero-order valence-electron chi connectivity index (χ0n) is 22.2. The number of carboxylic acids is 1. The molecule has 0 saturated carbocycles. The number of esters is 1. The second kappa shape index (κ2) is 12.5. The lowest BCUT2D eigenvalue weighted by molar-refractivity contribution is -0.192. The number of aliphatic carboxylic acids is 1. The van der Waals surface area contributed by atoms with E-state index < -0.39 is 41.5 Å². The fourth-order valence-electron chi connectivity index (χ4n) is 4.84. The summed E-state index contributed by atoms with van der Waals surface area (Å²) in [6.45, 7) is 5.81. The highest BCUT2D eigenvalue weighted by Crippen LogP contribution is 2.45. The number of fused-ring (bicyclic) bond motifs is 1. The summed E-state index contributed by atoms with van der Waals surface area (Å²) in [6.07, 6.45) is -4.81. The molecule has 2 heterocycles. The van der Waals surface area contributed by atoms with Gasteiger partial charge in [0, 0.05) is 25.7 Å². The van der Waals surface area contributed by atoms with Crippen LogP contribution in [0.2, 0.25) is 0 Å². The van der Waals surface area contributed by atoms with E-state index in [-0.39, 0.29) is 43.4 Å². The number of amides is 4. The summed E-state index contributed by atoms with van der Waals surface area (Å²) in [5.41, 5.74) is -0.496. The number of carboxylic acid groups (broad SMARTS) is 1. The van der Waals surface area contributed by atoms with Gasteiger partial charge in [0.2, 0.25) is 11.8 Å². The first-order valence-electron chi connectivity index (χ1n) is 12.2. The highest BCUT2D eigenvalue weighted by atomic mass is 19.4. The predicted molar refractivity (Wildman–Crippen MR) is 131 cm³/mol. The zero-order valence-corrected chi connectivity index (χ0v) is 22.2. The molecule has 4 amide bonds. The van der Waals surface area contributed by atoms with Crippen molar-refractivity contribution in [3.8, 4) is 0 Å². The molecule has 3 N–H and O–H groups in total. The molecule has 11 nitrogen and oxygen atoms in total. The van der Waals surface area contributed by atoms with Crippen molar-refractivity contribution >= 4 is 29.8 Å². The van der Waals surface area contributed by atoms with Crippen molar-refractivity contribution in [2.45, 2.75) is 57.5 Å². The van der Waals surface area contributed by atoms with Gasteiger partial charge in [-0.25, -0.2) is 9.59 Å². The molecule has 2 aliphatic rings. The van der Waals surface area contributed by atoms with E-state index >= 15 is 0 Å². The Kier molecular flexibility index (Phi) is 10.1. The number of hydrogen-bond acceptors (Lipinski definition) is 7. The number of carbonyl (C=O) groups excluding carboxylic acids is 4. The summed E-state index contributed by atoms with van der Waals surface area (Å²) in [5, 5.41) is 13.2.